The second-order valence-corrected chi connectivity index (χ2v) is 7.49. The monoisotopic (exact) mass is 394 g/mol. The van der Waals surface area contributed by atoms with Crippen molar-refractivity contribution in [3.05, 3.63) is 95.8 Å². The second kappa shape index (κ2) is 7.19. The molecule has 30 heavy (non-hydrogen) atoms. The summed E-state index contributed by atoms with van der Waals surface area (Å²) in [6.45, 7) is 1.93. The van der Waals surface area contributed by atoms with Crippen molar-refractivity contribution >= 4 is 11.8 Å². The van der Waals surface area contributed by atoms with Gasteiger partial charge in [0.25, 0.3) is 0 Å². The first-order valence-electron chi connectivity index (χ1n) is 9.98. The number of nitrogens with zero attached hydrogens (tertiary/aromatic N) is 2. The number of carbonyl (C=O) groups is 1. The van der Waals surface area contributed by atoms with Crippen LogP contribution in [-0.4, -0.2) is 15.6 Å². The molecule has 0 saturated heterocycles. The number of fused-ring (bicyclic) bond motifs is 3. The van der Waals surface area contributed by atoms with Crippen molar-refractivity contribution in [2.24, 2.45) is 7.05 Å². The average molecular weight is 394 g/mol. The molecule has 1 aliphatic rings. The molecule has 0 radical (unpaired) electrons. The number of aryl methyl sites for hydroxylation is 1. The maximum atomic E-state index is 13.1. The number of rotatable bonds is 3. The zero-order chi connectivity index (χ0) is 20.7. The average Bonchev–Trinajstić information content (AvgIpc) is 3.24. The molecule has 0 atom stereocenters. The molecule has 3 aromatic carbocycles. The van der Waals surface area contributed by atoms with Gasteiger partial charge in [-0.2, -0.15) is 0 Å². The van der Waals surface area contributed by atoms with Gasteiger partial charge >= 0.3 is 6.03 Å². The van der Waals surface area contributed by atoms with Crippen molar-refractivity contribution in [3.8, 4) is 22.4 Å². The van der Waals surface area contributed by atoms with Crippen LogP contribution in [0.1, 0.15) is 23.0 Å². The first-order valence-corrected chi connectivity index (χ1v) is 9.98. The Bertz CT molecular complexity index is 1200. The van der Waals surface area contributed by atoms with Gasteiger partial charge < -0.3 is 9.88 Å². The van der Waals surface area contributed by atoms with E-state index >= 15 is 0 Å². The van der Waals surface area contributed by atoms with Gasteiger partial charge in [-0.15, -0.1) is 0 Å². The molecule has 0 spiro atoms. The van der Waals surface area contributed by atoms with Crippen LogP contribution in [0.2, 0.25) is 0 Å². The highest BCUT2D eigenvalue weighted by Crippen LogP contribution is 2.43. The van der Waals surface area contributed by atoms with E-state index in [9.17, 15) is 4.79 Å². The molecule has 0 aliphatic heterocycles. The van der Waals surface area contributed by atoms with E-state index in [1.165, 1.54) is 11.1 Å². The van der Waals surface area contributed by atoms with Crippen LogP contribution in [0.3, 0.4) is 0 Å². The van der Waals surface area contributed by atoms with Crippen LogP contribution in [0.25, 0.3) is 22.4 Å². The predicted molar refractivity (Wildman–Crippen MR) is 119 cm³/mol. The Balaban J connectivity index is 1.46. The second-order valence-electron chi connectivity index (χ2n) is 7.49. The van der Waals surface area contributed by atoms with Crippen molar-refractivity contribution in [1.82, 2.24) is 14.9 Å². The number of nitrogens with one attached hydrogen (secondary N) is 2. The summed E-state index contributed by atoms with van der Waals surface area (Å²) >= 11 is 0. The molecule has 5 heteroatoms. The van der Waals surface area contributed by atoms with Gasteiger partial charge in [-0.25, -0.2) is 9.78 Å². The largest absolute Gasteiger partial charge is 0.327 e. The molecule has 1 aromatic heterocycles. The van der Waals surface area contributed by atoms with E-state index in [1.54, 1.807) is 0 Å². The fraction of sp³-hybridized carbons (Fsp3) is 0.120. The van der Waals surface area contributed by atoms with Crippen molar-refractivity contribution < 1.29 is 4.79 Å². The number of imidazole rings is 1. The topological polar surface area (TPSA) is 59.0 Å². The molecule has 2 amide bonds. The summed E-state index contributed by atoms with van der Waals surface area (Å²) in [4.78, 5) is 17.7. The summed E-state index contributed by atoms with van der Waals surface area (Å²) in [6.07, 6.45) is 0. The fourth-order valence-electron chi connectivity index (χ4n) is 4.14. The third-order valence-electron chi connectivity index (χ3n) is 5.71. The molecule has 0 unspecified atom stereocenters. The van der Waals surface area contributed by atoms with Gasteiger partial charge in [0.2, 0.25) is 0 Å². The molecule has 1 heterocycles. The van der Waals surface area contributed by atoms with E-state index in [0.717, 1.165) is 28.2 Å². The highest BCUT2D eigenvalue weighted by atomic mass is 16.2. The third-order valence-corrected chi connectivity index (χ3v) is 5.71. The Hall–Kier alpha value is -3.86. The normalized spacial score (nSPS) is 12.3. The molecule has 5 rings (SSSR count). The zero-order valence-electron chi connectivity index (χ0n) is 16.9. The van der Waals surface area contributed by atoms with Gasteiger partial charge in [0.1, 0.15) is 17.3 Å². The molecule has 148 valence electrons. The number of amides is 2. The van der Waals surface area contributed by atoms with Gasteiger partial charge in [0.15, 0.2) is 0 Å². The number of anilines is 1. The lowest BCUT2D eigenvalue weighted by Gasteiger charge is -2.17. The van der Waals surface area contributed by atoms with E-state index in [-0.39, 0.29) is 12.1 Å². The SMILES string of the molecule is Cc1nc(-c2ccccc2)c(NC(=O)NC2c3ccccc3-c3ccccc32)n1C. The lowest BCUT2D eigenvalue weighted by Crippen LogP contribution is -2.33. The van der Waals surface area contributed by atoms with Gasteiger partial charge in [-0.1, -0.05) is 78.9 Å². The predicted octanol–water partition coefficient (Wildman–Crippen LogP) is 5.29. The Labute approximate surface area is 175 Å². The standard InChI is InChI=1S/C25H22N4O/c1-16-26-22(17-10-4-3-5-11-17)24(29(16)2)28-25(30)27-23-20-14-8-6-12-18(20)19-13-7-9-15-21(19)23/h3-15,23H,1-2H3,(H2,27,28,30). The highest BCUT2D eigenvalue weighted by Gasteiger charge is 2.29. The van der Waals surface area contributed by atoms with Crippen LogP contribution in [0, 0.1) is 6.92 Å². The minimum absolute atomic E-state index is 0.188. The molecule has 0 fully saturated rings. The minimum atomic E-state index is -0.258. The van der Waals surface area contributed by atoms with Gasteiger partial charge in [0, 0.05) is 12.6 Å². The molecule has 0 bridgehead atoms. The zero-order valence-corrected chi connectivity index (χ0v) is 16.9. The van der Waals surface area contributed by atoms with Crippen molar-refractivity contribution in [1.29, 1.82) is 0 Å². The first-order chi connectivity index (χ1) is 14.6. The van der Waals surface area contributed by atoms with Gasteiger partial charge in [0.05, 0.1) is 6.04 Å². The Kier molecular flexibility index (Phi) is 4.36. The number of aromatic nitrogens is 2. The summed E-state index contributed by atoms with van der Waals surface area (Å²) in [6, 6.07) is 25.9. The number of hydrogen-bond acceptors (Lipinski definition) is 2. The molecule has 0 saturated carbocycles. The number of carbonyl (C=O) groups excluding carboxylic acids is 1. The Morgan fingerprint density at radius 3 is 2.07 bits per heavy atom. The summed E-state index contributed by atoms with van der Waals surface area (Å²) < 4.78 is 1.90. The van der Waals surface area contributed by atoms with Crippen LogP contribution >= 0.6 is 0 Å². The lowest BCUT2D eigenvalue weighted by atomic mass is 10.1. The van der Waals surface area contributed by atoms with Gasteiger partial charge in [-0.3, -0.25) is 5.32 Å². The Morgan fingerprint density at radius 1 is 0.867 bits per heavy atom. The van der Waals surface area contributed by atoms with Crippen LogP contribution in [-0.2, 0) is 7.05 Å². The summed E-state index contributed by atoms with van der Waals surface area (Å²) in [5.41, 5.74) is 6.28. The first kappa shape index (κ1) is 18.2. The summed E-state index contributed by atoms with van der Waals surface area (Å²) in [5.74, 6) is 1.51. The van der Waals surface area contributed by atoms with Crippen molar-refractivity contribution in [2.75, 3.05) is 5.32 Å². The number of benzene rings is 3. The molecular formula is C25H22N4O. The van der Waals surface area contributed by atoms with E-state index < -0.39 is 0 Å². The van der Waals surface area contributed by atoms with E-state index in [2.05, 4.69) is 39.9 Å². The van der Waals surface area contributed by atoms with Gasteiger partial charge in [-0.05, 0) is 29.2 Å². The number of hydrogen-bond donors (Lipinski definition) is 2. The highest BCUT2D eigenvalue weighted by molar-refractivity contribution is 5.94. The molecule has 4 aromatic rings. The van der Waals surface area contributed by atoms with Crippen molar-refractivity contribution in [3.63, 3.8) is 0 Å². The van der Waals surface area contributed by atoms with Crippen LogP contribution in [0.15, 0.2) is 78.9 Å². The maximum absolute atomic E-state index is 13.1. The quantitative estimate of drug-likeness (QED) is 0.496. The van der Waals surface area contributed by atoms with E-state index in [0.29, 0.717) is 5.82 Å². The maximum Gasteiger partial charge on any atom is 0.321 e. The number of urea groups is 1. The molecule has 5 nitrogen and oxygen atoms in total. The fourth-order valence-corrected chi connectivity index (χ4v) is 4.14. The summed E-state index contributed by atoms with van der Waals surface area (Å²) in [7, 11) is 1.91. The third kappa shape index (κ3) is 2.95. The summed E-state index contributed by atoms with van der Waals surface area (Å²) in [5, 5.41) is 6.20. The lowest BCUT2D eigenvalue weighted by molar-refractivity contribution is 0.250. The smallest absolute Gasteiger partial charge is 0.321 e. The van der Waals surface area contributed by atoms with E-state index in [4.69, 9.17) is 0 Å². The van der Waals surface area contributed by atoms with Crippen LogP contribution < -0.4 is 10.6 Å². The van der Waals surface area contributed by atoms with E-state index in [1.807, 2.05) is 73.1 Å². The van der Waals surface area contributed by atoms with Crippen LogP contribution in [0.5, 0.6) is 0 Å². The molecule has 1 aliphatic carbocycles. The van der Waals surface area contributed by atoms with Crippen LogP contribution in [0.4, 0.5) is 10.6 Å². The molecular weight excluding hydrogens is 372 g/mol. The minimum Gasteiger partial charge on any atom is -0.327 e. The Morgan fingerprint density at radius 2 is 1.43 bits per heavy atom. The van der Waals surface area contributed by atoms with Crippen molar-refractivity contribution in [2.45, 2.75) is 13.0 Å². The molecule has 2 N–H and O–H groups in total.